The third kappa shape index (κ3) is 4.18. The molecule has 142 valence electrons. The molecule has 0 unspecified atom stereocenters. The van der Waals surface area contributed by atoms with E-state index in [0.29, 0.717) is 0 Å². The summed E-state index contributed by atoms with van der Waals surface area (Å²) in [5.74, 6) is 0.102. The average Bonchev–Trinajstić information content (AvgIpc) is 2.58. The van der Waals surface area contributed by atoms with Crippen LogP contribution in [0, 0.1) is 0 Å². The van der Waals surface area contributed by atoms with Gasteiger partial charge in [-0.25, -0.2) is 0 Å². The minimum absolute atomic E-state index is 0.102. The lowest BCUT2D eigenvalue weighted by molar-refractivity contribution is -0.206. The summed E-state index contributed by atoms with van der Waals surface area (Å²) >= 11 is 2.21. The quantitative estimate of drug-likeness (QED) is 0.253. The van der Waals surface area contributed by atoms with Crippen LogP contribution in [0.15, 0.2) is 0 Å². The normalized spacial score (nSPS) is 50.0. The molecule has 11 heteroatoms. The summed E-state index contributed by atoms with van der Waals surface area (Å²) in [5.41, 5.74) is -1.66. The molecule has 2 fully saturated rings. The van der Waals surface area contributed by atoms with Crippen LogP contribution in [0.3, 0.4) is 0 Å². The first kappa shape index (κ1) is 20.6. The summed E-state index contributed by atoms with van der Waals surface area (Å²) < 4.78 is 10.9. The number of aliphatic hydroxyl groups excluding tert-OH is 7. The van der Waals surface area contributed by atoms with E-state index in [1.165, 1.54) is 11.8 Å². The molecule has 0 aliphatic carbocycles. The van der Waals surface area contributed by atoms with Crippen molar-refractivity contribution in [3.05, 3.63) is 0 Å². The molecule has 10 atom stereocenters. The van der Waals surface area contributed by atoms with Gasteiger partial charge in [0.15, 0.2) is 0 Å². The molecule has 2 aliphatic rings. The number of thioether (sulfide) groups is 2. The number of hydrogen-bond donors (Lipinski definition) is 7. The molecule has 0 aromatic rings. The predicted molar refractivity (Wildman–Crippen MR) is 86.4 cm³/mol. The number of hydrogen-bond acceptors (Lipinski definition) is 11. The van der Waals surface area contributed by atoms with Gasteiger partial charge in [0.05, 0.1) is 12.7 Å². The maximum atomic E-state index is 10.0. The lowest BCUT2D eigenvalue weighted by Gasteiger charge is -2.42. The summed E-state index contributed by atoms with van der Waals surface area (Å²) in [7, 11) is 0. The van der Waals surface area contributed by atoms with Gasteiger partial charge in [0, 0.05) is 5.75 Å². The molecule has 0 bridgehead atoms. The van der Waals surface area contributed by atoms with Crippen molar-refractivity contribution in [2.45, 2.75) is 59.7 Å². The fraction of sp³-hybridized carbons (Fsp3) is 1.00. The van der Waals surface area contributed by atoms with Crippen LogP contribution in [-0.4, -0.2) is 114 Å². The lowest BCUT2D eigenvalue weighted by Crippen LogP contribution is -2.59. The van der Waals surface area contributed by atoms with Gasteiger partial charge in [0.25, 0.3) is 0 Å². The van der Waals surface area contributed by atoms with Crippen LogP contribution in [0.1, 0.15) is 0 Å². The van der Waals surface area contributed by atoms with Crippen LogP contribution in [0.4, 0.5) is 0 Å². The molecular formula is C13H24O9S2. The van der Waals surface area contributed by atoms with Crippen molar-refractivity contribution in [3.8, 4) is 0 Å². The van der Waals surface area contributed by atoms with Crippen molar-refractivity contribution >= 4 is 23.5 Å². The van der Waals surface area contributed by atoms with Gasteiger partial charge >= 0.3 is 0 Å². The van der Waals surface area contributed by atoms with E-state index in [0.717, 1.165) is 11.8 Å². The molecule has 2 aliphatic heterocycles. The molecular weight excluding hydrogens is 364 g/mol. The largest absolute Gasteiger partial charge is 0.394 e. The molecule has 9 nitrogen and oxygen atoms in total. The first-order valence-corrected chi connectivity index (χ1v) is 9.80. The molecule has 0 saturated carbocycles. The third-order valence-electron chi connectivity index (χ3n) is 4.17. The van der Waals surface area contributed by atoms with Crippen LogP contribution in [0.2, 0.25) is 0 Å². The van der Waals surface area contributed by atoms with Crippen LogP contribution >= 0.6 is 23.5 Å². The second kappa shape index (κ2) is 8.82. The van der Waals surface area contributed by atoms with Gasteiger partial charge in [0.1, 0.15) is 53.6 Å². The fourth-order valence-electron chi connectivity index (χ4n) is 2.64. The first-order chi connectivity index (χ1) is 11.3. The minimum Gasteiger partial charge on any atom is -0.394 e. The van der Waals surface area contributed by atoms with Crippen molar-refractivity contribution in [1.82, 2.24) is 0 Å². The van der Waals surface area contributed by atoms with Gasteiger partial charge in [-0.2, -0.15) is 0 Å². The van der Waals surface area contributed by atoms with E-state index < -0.39 is 66.3 Å². The Labute approximate surface area is 147 Å². The smallest absolute Gasteiger partial charge is 0.132 e. The standard InChI is InChI=1S/C13H24O9S2/c1-23-12-10(19)9(18)7(16)5(22-12)3-24-13-11(20)8(17)6(15)4(2-14)21-13/h4-20H,2-3H2,1H3/t4-,5-,6-,7-,8+,9+,10+,11+,12-,13-/m1/s1. The average molecular weight is 388 g/mol. The molecule has 2 saturated heterocycles. The lowest BCUT2D eigenvalue weighted by atomic mass is 10.0. The van der Waals surface area contributed by atoms with Crippen molar-refractivity contribution in [3.63, 3.8) is 0 Å². The summed E-state index contributed by atoms with van der Waals surface area (Å²) in [4.78, 5) is 0. The molecule has 0 radical (unpaired) electrons. The number of rotatable bonds is 5. The molecule has 2 heterocycles. The Morgan fingerprint density at radius 2 is 1.21 bits per heavy atom. The molecule has 0 aromatic carbocycles. The first-order valence-electron chi connectivity index (χ1n) is 7.46. The van der Waals surface area contributed by atoms with Gasteiger partial charge in [-0.15, -0.1) is 23.5 Å². The topological polar surface area (TPSA) is 160 Å². The zero-order valence-corrected chi connectivity index (χ0v) is 14.6. The van der Waals surface area contributed by atoms with Crippen molar-refractivity contribution in [2.24, 2.45) is 0 Å². The SMILES string of the molecule is CS[C@H]1O[C@H](CS[C@H]2O[C@H](CO)[C@@H](O)[C@H](O)[C@@H]2O)[C@@H](O)[C@H](O)[C@@H]1O. The maximum Gasteiger partial charge on any atom is 0.132 e. The highest BCUT2D eigenvalue weighted by atomic mass is 32.2. The van der Waals surface area contributed by atoms with Gasteiger partial charge in [-0.05, 0) is 6.26 Å². The molecule has 2 rings (SSSR count). The minimum atomic E-state index is -1.48. The Balaban J connectivity index is 1.96. The van der Waals surface area contributed by atoms with E-state index in [9.17, 15) is 30.6 Å². The summed E-state index contributed by atoms with van der Waals surface area (Å²) in [5, 5.41) is 68.3. The third-order valence-corrected chi connectivity index (χ3v) is 6.27. The molecule has 0 aromatic heterocycles. The van der Waals surface area contributed by atoms with Gasteiger partial charge in [0.2, 0.25) is 0 Å². The Kier molecular flexibility index (Phi) is 7.59. The van der Waals surface area contributed by atoms with Gasteiger partial charge in [-0.1, -0.05) is 0 Å². The second-order valence-electron chi connectivity index (χ2n) is 5.78. The molecule has 0 amide bonds. The van der Waals surface area contributed by atoms with Crippen LogP contribution < -0.4 is 0 Å². The van der Waals surface area contributed by atoms with E-state index in [4.69, 9.17) is 14.6 Å². The van der Waals surface area contributed by atoms with Crippen LogP contribution in [0.5, 0.6) is 0 Å². The van der Waals surface area contributed by atoms with Crippen molar-refractivity contribution in [2.75, 3.05) is 18.6 Å². The summed E-state index contributed by atoms with van der Waals surface area (Å²) in [6.07, 6.45) is -8.34. The monoisotopic (exact) mass is 388 g/mol. The second-order valence-corrected chi connectivity index (χ2v) is 7.85. The van der Waals surface area contributed by atoms with Crippen molar-refractivity contribution in [1.29, 1.82) is 0 Å². The zero-order valence-electron chi connectivity index (χ0n) is 13.0. The maximum absolute atomic E-state index is 10.0. The Hall–Kier alpha value is 0.340. The number of aliphatic hydroxyl groups is 7. The predicted octanol–water partition coefficient (Wildman–Crippen LogP) is -3.31. The highest BCUT2D eigenvalue weighted by molar-refractivity contribution is 7.99. The Morgan fingerprint density at radius 1 is 0.708 bits per heavy atom. The van der Waals surface area contributed by atoms with Gasteiger partial charge in [-0.3, -0.25) is 0 Å². The Morgan fingerprint density at radius 3 is 1.75 bits per heavy atom. The molecule has 7 N–H and O–H groups in total. The summed E-state index contributed by atoms with van der Waals surface area (Å²) in [6, 6.07) is 0. The van der Waals surface area contributed by atoms with E-state index >= 15 is 0 Å². The van der Waals surface area contributed by atoms with E-state index in [1.807, 2.05) is 0 Å². The van der Waals surface area contributed by atoms with E-state index in [1.54, 1.807) is 6.26 Å². The van der Waals surface area contributed by atoms with E-state index in [-0.39, 0.29) is 5.75 Å². The highest BCUT2D eigenvalue weighted by Gasteiger charge is 2.46. The van der Waals surface area contributed by atoms with Crippen LogP contribution in [0.25, 0.3) is 0 Å². The highest BCUT2D eigenvalue weighted by Crippen LogP contribution is 2.33. The van der Waals surface area contributed by atoms with E-state index in [2.05, 4.69) is 0 Å². The molecule has 0 spiro atoms. The van der Waals surface area contributed by atoms with Crippen LogP contribution in [-0.2, 0) is 9.47 Å². The fourth-order valence-corrected chi connectivity index (χ4v) is 4.57. The summed E-state index contributed by atoms with van der Waals surface area (Å²) in [6.45, 7) is -0.524. The zero-order chi connectivity index (χ0) is 18.0. The van der Waals surface area contributed by atoms with Crippen molar-refractivity contribution < 1.29 is 45.2 Å². The number of ether oxygens (including phenoxy) is 2. The Bertz CT molecular complexity index is 364. The molecule has 24 heavy (non-hydrogen) atoms. The van der Waals surface area contributed by atoms with Gasteiger partial charge < -0.3 is 45.2 Å².